The van der Waals surface area contributed by atoms with E-state index in [2.05, 4.69) is 0 Å². The van der Waals surface area contributed by atoms with Crippen LogP contribution in [-0.4, -0.2) is 92.5 Å². The number of methoxy groups -OCH3 is 3. The summed E-state index contributed by atoms with van der Waals surface area (Å²) in [5.74, 6) is 0.284. The minimum Gasteiger partial charge on any atom is -0.493 e. The van der Waals surface area contributed by atoms with Crippen LogP contribution in [0.2, 0.25) is 0 Å². The summed E-state index contributed by atoms with van der Waals surface area (Å²) in [6, 6.07) is 10.7. The summed E-state index contributed by atoms with van der Waals surface area (Å²) < 4.78 is 38.1. The van der Waals surface area contributed by atoms with Crippen molar-refractivity contribution in [1.82, 2.24) is 0 Å². The van der Waals surface area contributed by atoms with Crippen LogP contribution in [0.15, 0.2) is 36.4 Å². The minimum absolute atomic E-state index is 0.0617. The summed E-state index contributed by atoms with van der Waals surface area (Å²) in [6.07, 6.45) is -5.92. The second-order valence-electron chi connectivity index (χ2n) is 9.98. The maximum Gasteiger partial charge on any atom is 0.309 e. The van der Waals surface area contributed by atoms with Gasteiger partial charge in [0.1, 0.15) is 12.2 Å². The van der Waals surface area contributed by atoms with Crippen LogP contribution in [0.25, 0.3) is 0 Å². The van der Waals surface area contributed by atoms with Gasteiger partial charge in [-0.15, -0.1) is 0 Å². The molecule has 0 amide bonds. The summed E-state index contributed by atoms with van der Waals surface area (Å²) in [5, 5.41) is 30.6. The van der Waals surface area contributed by atoms with Gasteiger partial charge in [0.25, 0.3) is 0 Å². The largest absolute Gasteiger partial charge is 0.493 e. The lowest BCUT2D eigenvalue weighted by molar-refractivity contribution is -0.281. The summed E-state index contributed by atoms with van der Waals surface area (Å²) in [4.78, 5) is 24.2. The Morgan fingerprint density at radius 1 is 0.902 bits per heavy atom. The third-order valence-electron chi connectivity index (χ3n) is 7.31. The van der Waals surface area contributed by atoms with E-state index in [4.69, 9.17) is 33.2 Å². The normalized spacial score (nSPS) is 27.6. The average molecular weight is 577 g/mol. The Hall–Kier alpha value is -3.58. The van der Waals surface area contributed by atoms with Crippen LogP contribution in [0.5, 0.6) is 23.0 Å². The number of carbonyl (C=O) groups is 2. The zero-order valence-corrected chi connectivity index (χ0v) is 23.3. The molecule has 0 aliphatic carbocycles. The number of carbonyl (C=O) groups excluding carboxylic acids is 2. The number of cyclic esters (lactones) is 1. The van der Waals surface area contributed by atoms with Gasteiger partial charge in [0.2, 0.25) is 6.29 Å². The third-order valence-corrected chi connectivity index (χ3v) is 7.31. The monoisotopic (exact) mass is 576 g/mol. The van der Waals surface area contributed by atoms with Crippen LogP contribution >= 0.6 is 0 Å². The molecule has 0 radical (unpaired) electrons. The fraction of sp³-hybridized carbons (Fsp3) is 0.517. The van der Waals surface area contributed by atoms with E-state index in [0.29, 0.717) is 36.7 Å². The van der Waals surface area contributed by atoms with Gasteiger partial charge in [0, 0.05) is 12.8 Å². The van der Waals surface area contributed by atoms with Gasteiger partial charge < -0.3 is 48.5 Å². The molecule has 0 saturated carbocycles. The Bertz CT molecular complexity index is 1220. The highest BCUT2D eigenvalue weighted by atomic mass is 16.7. The van der Waals surface area contributed by atoms with Crippen LogP contribution in [0, 0.1) is 11.8 Å². The molecule has 0 unspecified atom stereocenters. The molecule has 2 fully saturated rings. The number of rotatable bonds is 11. The summed E-state index contributed by atoms with van der Waals surface area (Å²) in [6.45, 7) is 0.844. The minimum atomic E-state index is -1.55. The van der Waals surface area contributed by atoms with Crippen molar-refractivity contribution in [3.05, 3.63) is 47.5 Å². The van der Waals surface area contributed by atoms with E-state index in [1.54, 1.807) is 32.4 Å². The highest BCUT2D eigenvalue weighted by molar-refractivity contribution is 5.75. The van der Waals surface area contributed by atoms with Gasteiger partial charge in [-0.3, -0.25) is 9.59 Å². The molecule has 0 spiro atoms. The molecular formula is C29H36O12. The Morgan fingerprint density at radius 3 is 2.12 bits per heavy atom. The molecule has 12 nitrogen and oxygen atoms in total. The van der Waals surface area contributed by atoms with E-state index in [1.165, 1.54) is 7.11 Å². The van der Waals surface area contributed by atoms with Crippen LogP contribution in [0.1, 0.15) is 18.1 Å². The Balaban J connectivity index is 1.48. The standard InChI is InChI=1S/C29H36O12/c1-15(31)39-27-25(32)24(13-30)41-29(26(27)33)40-21-8-6-17(12-23(21)37-4)10-19-18(14-38-28(19)34)9-16-5-7-20(35-2)22(11-16)36-3/h5-8,11-12,18-19,24-27,29-30,32-33H,9-10,13-14H2,1-4H3/t18-,19+,24+,25+,26+,27-,29+/m0/s1. The van der Waals surface area contributed by atoms with Gasteiger partial charge >= 0.3 is 11.9 Å². The first kappa shape index (κ1) is 30.4. The fourth-order valence-corrected chi connectivity index (χ4v) is 5.16. The van der Waals surface area contributed by atoms with Crippen molar-refractivity contribution in [3.8, 4) is 23.0 Å². The number of aliphatic hydroxyl groups excluding tert-OH is 3. The SMILES string of the molecule is COc1ccc(C[C@H]2COC(=O)[C@@H]2Cc2ccc(O[C@@H]3O[C@H](CO)[C@@H](O)[C@H](OC(C)=O)[C@H]3O)c(OC)c2)cc1OC. The molecule has 224 valence electrons. The lowest BCUT2D eigenvalue weighted by Crippen LogP contribution is -2.61. The van der Waals surface area contributed by atoms with Crippen molar-refractivity contribution in [2.24, 2.45) is 11.8 Å². The molecule has 41 heavy (non-hydrogen) atoms. The maximum absolute atomic E-state index is 12.7. The smallest absolute Gasteiger partial charge is 0.309 e. The van der Waals surface area contributed by atoms with Crippen molar-refractivity contribution in [2.45, 2.75) is 50.5 Å². The first-order valence-corrected chi connectivity index (χ1v) is 13.2. The van der Waals surface area contributed by atoms with Gasteiger partial charge in [-0.2, -0.15) is 0 Å². The van der Waals surface area contributed by atoms with Crippen LogP contribution in [0.4, 0.5) is 0 Å². The first-order chi connectivity index (χ1) is 19.7. The molecule has 2 aromatic rings. The third kappa shape index (κ3) is 6.84. The molecule has 2 aliphatic heterocycles. The summed E-state index contributed by atoms with van der Waals surface area (Å²) >= 11 is 0. The molecule has 12 heteroatoms. The highest BCUT2D eigenvalue weighted by Gasteiger charge is 2.48. The van der Waals surface area contributed by atoms with Crippen molar-refractivity contribution < 1.29 is 58.1 Å². The van der Waals surface area contributed by atoms with Crippen LogP contribution in [0.3, 0.4) is 0 Å². The molecule has 0 bridgehead atoms. The van der Waals surface area contributed by atoms with Crippen molar-refractivity contribution in [3.63, 3.8) is 0 Å². The first-order valence-electron chi connectivity index (χ1n) is 13.2. The number of hydrogen-bond donors (Lipinski definition) is 3. The van der Waals surface area contributed by atoms with Gasteiger partial charge in [-0.05, 0) is 48.2 Å². The number of hydrogen-bond acceptors (Lipinski definition) is 12. The summed E-state index contributed by atoms with van der Waals surface area (Å²) in [7, 11) is 4.58. The topological polar surface area (TPSA) is 159 Å². The number of benzene rings is 2. The predicted octanol–water partition coefficient (Wildman–Crippen LogP) is 1.04. The zero-order chi connectivity index (χ0) is 29.7. The van der Waals surface area contributed by atoms with Gasteiger partial charge in [0.15, 0.2) is 35.2 Å². The van der Waals surface area contributed by atoms with Crippen LogP contribution < -0.4 is 18.9 Å². The molecule has 7 atom stereocenters. The highest BCUT2D eigenvalue weighted by Crippen LogP contribution is 2.36. The lowest BCUT2D eigenvalue weighted by atomic mass is 9.85. The zero-order valence-electron chi connectivity index (χ0n) is 23.3. The average Bonchev–Trinajstić information content (AvgIpc) is 3.30. The van der Waals surface area contributed by atoms with E-state index in [-0.39, 0.29) is 23.6 Å². The number of ether oxygens (including phenoxy) is 7. The quantitative estimate of drug-likeness (QED) is 0.327. The molecular weight excluding hydrogens is 540 g/mol. The fourth-order valence-electron chi connectivity index (χ4n) is 5.16. The molecule has 2 aliphatic rings. The number of aliphatic hydroxyl groups is 3. The predicted molar refractivity (Wildman–Crippen MR) is 142 cm³/mol. The van der Waals surface area contributed by atoms with E-state index in [0.717, 1.165) is 18.1 Å². The van der Waals surface area contributed by atoms with Gasteiger partial charge in [-0.1, -0.05) is 12.1 Å². The number of esters is 2. The second-order valence-corrected chi connectivity index (χ2v) is 9.98. The van der Waals surface area contributed by atoms with Crippen molar-refractivity contribution >= 4 is 11.9 Å². The Labute approximate surface area is 237 Å². The van der Waals surface area contributed by atoms with E-state index < -0.39 is 43.3 Å². The molecule has 2 saturated heterocycles. The van der Waals surface area contributed by atoms with E-state index >= 15 is 0 Å². The second kappa shape index (κ2) is 13.4. The van der Waals surface area contributed by atoms with Gasteiger partial charge in [0.05, 0.1) is 40.5 Å². The molecule has 3 N–H and O–H groups in total. The molecule has 0 aromatic heterocycles. The van der Waals surface area contributed by atoms with Crippen molar-refractivity contribution in [1.29, 1.82) is 0 Å². The van der Waals surface area contributed by atoms with Gasteiger partial charge in [-0.25, -0.2) is 0 Å². The molecule has 2 heterocycles. The Morgan fingerprint density at radius 2 is 1.51 bits per heavy atom. The molecule has 4 rings (SSSR count). The Kier molecular flexibility index (Phi) is 9.92. The van der Waals surface area contributed by atoms with Crippen LogP contribution in [-0.2, 0) is 36.6 Å². The van der Waals surface area contributed by atoms with E-state index in [9.17, 15) is 24.9 Å². The van der Waals surface area contributed by atoms with Crippen molar-refractivity contribution in [2.75, 3.05) is 34.5 Å². The molecule has 2 aromatic carbocycles. The summed E-state index contributed by atoms with van der Waals surface area (Å²) in [5.41, 5.74) is 1.78. The lowest BCUT2D eigenvalue weighted by Gasteiger charge is -2.41. The van der Waals surface area contributed by atoms with E-state index in [1.807, 2.05) is 18.2 Å². The maximum atomic E-state index is 12.7.